The average Bonchev–Trinajstić information content (AvgIpc) is 2.27. The van der Waals surface area contributed by atoms with Crippen molar-refractivity contribution in [3.63, 3.8) is 0 Å². The van der Waals surface area contributed by atoms with Crippen LogP contribution in [0.25, 0.3) is 0 Å². The van der Waals surface area contributed by atoms with Gasteiger partial charge >= 0.3 is 5.97 Å². The minimum absolute atomic E-state index is 0.266. The molecule has 0 aromatic carbocycles. The van der Waals surface area contributed by atoms with Crippen LogP contribution in [0.4, 0.5) is 0 Å². The van der Waals surface area contributed by atoms with Crippen molar-refractivity contribution in [2.24, 2.45) is 11.3 Å². The van der Waals surface area contributed by atoms with E-state index in [1.54, 1.807) is 26.0 Å². The van der Waals surface area contributed by atoms with Crippen LogP contribution in [0, 0.1) is 11.3 Å². The van der Waals surface area contributed by atoms with Crippen molar-refractivity contribution < 1.29 is 19.1 Å². The summed E-state index contributed by atoms with van der Waals surface area (Å²) in [6.45, 7) is 4.87. The molecule has 17 heavy (non-hydrogen) atoms. The summed E-state index contributed by atoms with van der Waals surface area (Å²) in [6, 6.07) is 0. The summed E-state index contributed by atoms with van der Waals surface area (Å²) in [5, 5.41) is 0. The summed E-state index contributed by atoms with van der Waals surface area (Å²) in [4.78, 5) is 36.1. The third kappa shape index (κ3) is 2.38. The molecule has 0 aliphatic carbocycles. The molecule has 0 saturated heterocycles. The molecule has 1 aliphatic rings. The van der Waals surface area contributed by atoms with Gasteiger partial charge in [-0.15, -0.1) is 0 Å². The van der Waals surface area contributed by atoms with Gasteiger partial charge in [0.2, 0.25) is 11.8 Å². The predicted octanol–water partition coefficient (Wildman–Crippen LogP) is 0.747. The van der Waals surface area contributed by atoms with E-state index in [4.69, 9.17) is 0 Å². The molecule has 5 nitrogen and oxygen atoms in total. The molecule has 1 rings (SSSR count). The molecule has 0 aromatic rings. The molecule has 94 valence electrons. The van der Waals surface area contributed by atoms with E-state index in [0.29, 0.717) is 0 Å². The van der Waals surface area contributed by atoms with Crippen molar-refractivity contribution in [2.75, 3.05) is 13.7 Å². The maximum Gasteiger partial charge on any atom is 0.312 e. The van der Waals surface area contributed by atoms with E-state index in [2.05, 4.69) is 4.74 Å². The van der Waals surface area contributed by atoms with E-state index >= 15 is 0 Å². The number of carbonyl (C=O) groups excluding carboxylic acids is 3. The molecule has 0 aromatic heterocycles. The van der Waals surface area contributed by atoms with Crippen molar-refractivity contribution >= 4 is 17.8 Å². The number of hydrogen-bond donors (Lipinski definition) is 0. The molecular formula is C12H17NO4. The molecule has 0 spiro atoms. The maximum atomic E-state index is 12.1. The van der Waals surface area contributed by atoms with Crippen molar-refractivity contribution in [3.05, 3.63) is 12.2 Å². The van der Waals surface area contributed by atoms with Gasteiger partial charge in [0.1, 0.15) is 0 Å². The largest absolute Gasteiger partial charge is 0.469 e. The van der Waals surface area contributed by atoms with Crippen LogP contribution in [0.3, 0.4) is 0 Å². The van der Waals surface area contributed by atoms with E-state index in [1.165, 1.54) is 14.0 Å². The fourth-order valence-corrected chi connectivity index (χ4v) is 1.87. The number of esters is 1. The van der Waals surface area contributed by atoms with Gasteiger partial charge in [0.25, 0.3) is 0 Å². The van der Waals surface area contributed by atoms with Gasteiger partial charge in [0.05, 0.1) is 18.4 Å². The summed E-state index contributed by atoms with van der Waals surface area (Å²) < 4.78 is 4.68. The molecule has 5 heteroatoms. The van der Waals surface area contributed by atoms with Gasteiger partial charge < -0.3 is 4.74 Å². The highest BCUT2D eigenvalue weighted by atomic mass is 16.5. The third-order valence-electron chi connectivity index (χ3n) is 3.02. The second-order valence-corrected chi connectivity index (χ2v) is 4.59. The SMILES string of the molecule is COC(=O)C(C)(C)[C@@H]1C=CCN(C(C)=O)C1=O. The Labute approximate surface area is 100 Å². The van der Waals surface area contributed by atoms with E-state index in [1.807, 2.05) is 0 Å². The molecule has 0 fully saturated rings. The Kier molecular flexibility index (Phi) is 3.70. The highest BCUT2D eigenvalue weighted by molar-refractivity contribution is 5.99. The van der Waals surface area contributed by atoms with E-state index < -0.39 is 17.3 Å². The molecule has 0 N–H and O–H groups in total. The number of carbonyl (C=O) groups is 3. The molecule has 1 aliphatic heterocycles. The van der Waals surface area contributed by atoms with Crippen LogP contribution in [-0.2, 0) is 19.1 Å². The lowest BCUT2D eigenvalue weighted by molar-refractivity contribution is -0.160. The maximum absolute atomic E-state index is 12.1. The minimum atomic E-state index is -0.976. The molecule has 1 heterocycles. The summed E-state index contributed by atoms with van der Waals surface area (Å²) in [7, 11) is 1.28. The number of nitrogens with zero attached hydrogens (tertiary/aromatic N) is 1. The first kappa shape index (κ1) is 13.4. The normalized spacial score (nSPS) is 20.4. The Morgan fingerprint density at radius 2 is 2.06 bits per heavy atom. The predicted molar refractivity (Wildman–Crippen MR) is 60.8 cm³/mol. The highest BCUT2D eigenvalue weighted by Gasteiger charge is 2.44. The van der Waals surface area contributed by atoms with Gasteiger partial charge in [-0.2, -0.15) is 0 Å². The van der Waals surface area contributed by atoms with Crippen LogP contribution < -0.4 is 0 Å². The number of ether oxygens (including phenoxy) is 1. The van der Waals surface area contributed by atoms with E-state index in [9.17, 15) is 14.4 Å². The van der Waals surface area contributed by atoms with Crippen molar-refractivity contribution in [2.45, 2.75) is 20.8 Å². The van der Waals surface area contributed by atoms with Gasteiger partial charge in [-0.1, -0.05) is 12.2 Å². The van der Waals surface area contributed by atoms with Gasteiger partial charge in [-0.3, -0.25) is 19.3 Å². The molecule has 0 bridgehead atoms. The Bertz CT molecular complexity index is 384. The molecule has 0 saturated carbocycles. The quantitative estimate of drug-likeness (QED) is 0.527. The Morgan fingerprint density at radius 1 is 1.47 bits per heavy atom. The van der Waals surface area contributed by atoms with E-state index in [0.717, 1.165) is 4.90 Å². The van der Waals surface area contributed by atoms with Crippen molar-refractivity contribution in [3.8, 4) is 0 Å². The third-order valence-corrected chi connectivity index (χ3v) is 3.02. The number of hydrogen-bond acceptors (Lipinski definition) is 4. The average molecular weight is 239 g/mol. The lowest BCUT2D eigenvalue weighted by Gasteiger charge is -2.34. The highest BCUT2D eigenvalue weighted by Crippen LogP contribution is 2.32. The van der Waals surface area contributed by atoms with Gasteiger partial charge in [0, 0.05) is 13.5 Å². The first-order valence-corrected chi connectivity index (χ1v) is 5.39. The van der Waals surface area contributed by atoms with Crippen LogP contribution in [0.15, 0.2) is 12.2 Å². The molecule has 0 radical (unpaired) electrons. The second kappa shape index (κ2) is 4.69. The number of methoxy groups -OCH3 is 1. The van der Waals surface area contributed by atoms with Crippen LogP contribution in [0.2, 0.25) is 0 Å². The van der Waals surface area contributed by atoms with Crippen molar-refractivity contribution in [1.29, 1.82) is 0 Å². The zero-order valence-corrected chi connectivity index (χ0v) is 10.5. The smallest absolute Gasteiger partial charge is 0.312 e. The standard InChI is InChI=1S/C12H17NO4/c1-8(14)13-7-5-6-9(10(13)15)12(2,3)11(16)17-4/h5-6,9H,7H2,1-4H3/t9-/m1/s1. The topological polar surface area (TPSA) is 63.7 Å². The lowest BCUT2D eigenvalue weighted by atomic mass is 9.76. The first-order valence-electron chi connectivity index (χ1n) is 5.39. The van der Waals surface area contributed by atoms with Gasteiger partial charge in [-0.25, -0.2) is 0 Å². The summed E-state index contributed by atoms with van der Waals surface area (Å²) in [6.07, 6.45) is 3.39. The summed E-state index contributed by atoms with van der Waals surface area (Å²) in [5.74, 6) is -1.79. The van der Waals surface area contributed by atoms with E-state index in [-0.39, 0.29) is 18.4 Å². The summed E-state index contributed by atoms with van der Waals surface area (Å²) >= 11 is 0. The van der Waals surface area contributed by atoms with Crippen LogP contribution in [0.5, 0.6) is 0 Å². The zero-order chi connectivity index (χ0) is 13.2. The van der Waals surface area contributed by atoms with Crippen molar-refractivity contribution in [1.82, 2.24) is 4.90 Å². The van der Waals surface area contributed by atoms with Crippen LogP contribution >= 0.6 is 0 Å². The first-order chi connectivity index (χ1) is 7.82. The number of rotatable bonds is 2. The molecular weight excluding hydrogens is 222 g/mol. The monoisotopic (exact) mass is 239 g/mol. The van der Waals surface area contributed by atoms with Crippen LogP contribution in [-0.4, -0.2) is 36.3 Å². The number of imide groups is 1. The zero-order valence-electron chi connectivity index (χ0n) is 10.5. The van der Waals surface area contributed by atoms with Gasteiger partial charge in [0.15, 0.2) is 0 Å². The number of amides is 2. The van der Waals surface area contributed by atoms with Gasteiger partial charge in [-0.05, 0) is 13.8 Å². The lowest BCUT2D eigenvalue weighted by Crippen LogP contribution is -2.48. The Morgan fingerprint density at radius 3 is 2.53 bits per heavy atom. The van der Waals surface area contributed by atoms with Crippen LogP contribution in [0.1, 0.15) is 20.8 Å². The minimum Gasteiger partial charge on any atom is -0.469 e. The second-order valence-electron chi connectivity index (χ2n) is 4.59. The molecule has 1 atom stereocenters. The summed E-state index contributed by atoms with van der Waals surface area (Å²) in [5.41, 5.74) is -0.976. The molecule has 0 unspecified atom stereocenters. The fourth-order valence-electron chi connectivity index (χ4n) is 1.87. The Hall–Kier alpha value is -1.65. The molecule has 2 amide bonds. The Balaban J connectivity index is 3.03. The fraction of sp³-hybridized carbons (Fsp3) is 0.583.